The Morgan fingerprint density at radius 2 is 2.14 bits per heavy atom. The lowest BCUT2D eigenvalue weighted by molar-refractivity contribution is -0.384. The number of carbonyl (C=O) groups is 2. The summed E-state index contributed by atoms with van der Waals surface area (Å²) in [5.41, 5.74) is 0.729. The molecule has 0 radical (unpaired) electrons. The Morgan fingerprint density at radius 1 is 1.36 bits per heavy atom. The van der Waals surface area contributed by atoms with Crippen LogP contribution < -0.4 is 5.32 Å². The molecule has 2 rings (SSSR count). The van der Waals surface area contributed by atoms with E-state index in [4.69, 9.17) is 0 Å². The van der Waals surface area contributed by atoms with Crippen LogP contribution in [-0.2, 0) is 16.0 Å². The molecule has 0 atom stereocenters. The third kappa shape index (κ3) is 3.89. The van der Waals surface area contributed by atoms with Gasteiger partial charge in [-0.1, -0.05) is 0 Å². The summed E-state index contributed by atoms with van der Waals surface area (Å²) in [6.45, 7) is 0. The number of rotatable bonds is 5. The van der Waals surface area contributed by atoms with Gasteiger partial charge in [-0.3, -0.25) is 14.9 Å². The lowest BCUT2D eigenvalue weighted by atomic mass is 10.1. The fourth-order valence-electron chi connectivity index (χ4n) is 1.81. The first-order chi connectivity index (χ1) is 10.5. The van der Waals surface area contributed by atoms with Gasteiger partial charge in [-0.25, -0.2) is 4.79 Å². The lowest BCUT2D eigenvalue weighted by Gasteiger charge is -2.07. The molecule has 1 aromatic carbocycles. The number of nitro groups is 1. The van der Waals surface area contributed by atoms with E-state index in [2.05, 4.69) is 10.1 Å². The Morgan fingerprint density at radius 3 is 2.73 bits per heavy atom. The van der Waals surface area contributed by atoms with Crippen molar-refractivity contribution >= 4 is 34.6 Å². The van der Waals surface area contributed by atoms with Crippen LogP contribution >= 0.6 is 11.3 Å². The van der Waals surface area contributed by atoms with Gasteiger partial charge in [-0.05, 0) is 28.5 Å². The Balaban J connectivity index is 2.21. The average Bonchev–Trinajstić information content (AvgIpc) is 2.98. The molecule has 114 valence electrons. The second-order valence-electron chi connectivity index (χ2n) is 4.37. The molecule has 1 heterocycles. The Labute approximate surface area is 129 Å². The molecule has 0 saturated heterocycles. The molecule has 1 N–H and O–H groups in total. The summed E-state index contributed by atoms with van der Waals surface area (Å²) in [6.07, 6.45) is 0.153. The van der Waals surface area contributed by atoms with Crippen molar-refractivity contribution in [2.45, 2.75) is 6.42 Å². The standard InChI is InChI=1S/C14H12N2O5S/c1-21-14(18)10-5-11(7-12(6-10)16(19)20)15-13(17)4-9-2-3-22-8-9/h2-3,5-8H,4H2,1H3,(H,15,17). The van der Waals surface area contributed by atoms with Gasteiger partial charge in [0.05, 0.1) is 24.0 Å². The minimum absolute atomic E-state index is 0.00235. The fraction of sp³-hybridized carbons (Fsp3) is 0.143. The van der Waals surface area contributed by atoms with Crippen molar-refractivity contribution < 1.29 is 19.2 Å². The van der Waals surface area contributed by atoms with Crippen LogP contribution in [0.2, 0.25) is 0 Å². The summed E-state index contributed by atoms with van der Waals surface area (Å²) in [7, 11) is 1.18. The quantitative estimate of drug-likeness (QED) is 0.519. The Hall–Kier alpha value is -2.74. The maximum absolute atomic E-state index is 11.9. The van der Waals surface area contributed by atoms with Crippen molar-refractivity contribution in [3.8, 4) is 0 Å². The number of hydrogen-bond acceptors (Lipinski definition) is 6. The number of nitrogens with one attached hydrogen (secondary N) is 1. The zero-order valence-corrected chi connectivity index (χ0v) is 12.4. The van der Waals surface area contributed by atoms with Crippen molar-refractivity contribution in [1.29, 1.82) is 0 Å². The van der Waals surface area contributed by atoms with Gasteiger partial charge in [0.15, 0.2) is 0 Å². The number of non-ortho nitro benzene ring substituents is 1. The first kappa shape index (κ1) is 15.6. The van der Waals surface area contributed by atoms with E-state index in [1.165, 1.54) is 30.6 Å². The molecule has 0 bridgehead atoms. The molecular weight excluding hydrogens is 308 g/mol. The van der Waals surface area contributed by atoms with E-state index in [1.54, 1.807) is 0 Å². The highest BCUT2D eigenvalue weighted by Crippen LogP contribution is 2.22. The molecule has 8 heteroatoms. The summed E-state index contributed by atoms with van der Waals surface area (Å²) < 4.78 is 4.54. The van der Waals surface area contributed by atoms with E-state index in [0.29, 0.717) is 0 Å². The van der Waals surface area contributed by atoms with Gasteiger partial charge in [0.25, 0.3) is 5.69 Å². The molecular formula is C14H12N2O5S. The Kier molecular flexibility index (Phi) is 4.84. The number of benzene rings is 1. The smallest absolute Gasteiger partial charge is 0.338 e. The molecule has 0 aliphatic heterocycles. The van der Waals surface area contributed by atoms with Gasteiger partial charge in [0.1, 0.15) is 0 Å². The maximum Gasteiger partial charge on any atom is 0.338 e. The van der Waals surface area contributed by atoms with Crippen molar-refractivity contribution in [3.63, 3.8) is 0 Å². The molecule has 1 amide bonds. The van der Waals surface area contributed by atoms with Crippen LogP contribution in [0.15, 0.2) is 35.0 Å². The van der Waals surface area contributed by atoms with Crippen LogP contribution in [0.1, 0.15) is 15.9 Å². The van der Waals surface area contributed by atoms with Gasteiger partial charge < -0.3 is 10.1 Å². The highest BCUT2D eigenvalue weighted by Gasteiger charge is 2.16. The van der Waals surface area contributed by atoms with Crippen LogP contribution in [-0.4, -0.2) is 23.9 Å². The summed E-state index contributed by atoms with van der Waals surface area (Å²) in [5.74, 6) is -1.04. The highest BCUT2D eigenvalue weighted by atomic mass is 32.1. The van der Waals surface area contributed by atoms with E-state index < -0.39 is 10.9 Å². The molecule has 0 fully saturated rings. The largest absolute Gasteiger partial charge is 0.465 e. The number of nitro benzene ring substituents is 1. The second kappa shape index (κ2) is 6.81. The number of anilines is 1. The minimum atomic E-state index is -0.711. The molecule has 0 unspecified atom stereocenters. The van der Waals surface area contributed by atoms with E-state index >= 15 is 0 Å². The lowest BCUT2D eigenvalue weighted by Crippen LogP contribution is -2.15. The molecule has 22 heavy (non-hydrogen) atoms. The van der Waals surface area contributed by atoms with Gasteiger partial charge >= 0.3 is 5.97 Å². The molecule has 2 aromatic rings. The van der Waals surface area contributed by atoms with Gasteiger partial charge in [0.2, 0.25) is 5.91 Å². The van der Waals surface area contributed by atoms with Crippen LogP contribution in [0.4, 0.5) is 11.4 Å². The van der Waals surface area contributed by atoms with Gasteiger partial charge in [-0.2, -0.15) is 11.3 Å². The summed E-state index contributed by atoms with van der Waals surface area (Å²) >= 11 is 1.47. The third-order valence-electron chi connectivity index (χ3n) is 2.78. The first-order valence-electron chi connectivity index (χ1n) is 6.18. The third-order valence-corrected chi connectivity index (χ3v) is 3.51. The molecule has 7 nitrogen and oxygen atoms in total. The van der Waals surface area contributed by atoms with Crippen LogP contribution in [0.5, 0.6) is 0 Å². The Bertz CT molecular complexity index is 712. The molecule has 1 aromatic heterocycles. The predicted molar refractivity (Wildman–Crippen MR) is 81.1 cm³/mol. The zero-order chi connectivity index (χ0) is 16.1. The maximum atomic E-state index is 11.9. The van der Waals surface area contributed by atoms with Crippen LogP contribution in [0.25, 0.3) is 0 Å². The number of nitrogens with zero attached hydrogens (tertiary/aromatic N) is 1. The van der Waals surface area contributed by atoms with E-state index in [0.717, 1.165) is 11.6 Å². The van der Waals surface area contributed by atoms with Crippen LogP contribution in [0.3, 0.4) is 0 Å². The normalized spacial score (nSPS) is 10.0. The number of hydrogen-bond donors (Lipinski definition) is 1. The predicted octanol–water partition coefficient (Wildman–Crippen LogP) is 2.62. The number of amides is 1. The van der Waals surface area contributed by atoms with E-state index in [1.807, 2.05) is 16.8 Å². The van der Waals surface area contributed by atoms with Crippen molar-refractivity contribution in [2.75, 3.05) is 12.4 Å². The van der Waals surface area contributed by atoms with Crippen LogP contribution in [0, 0.1) is 10.1 Å². The second-order valence-corrected chi connectivity index (χ2v) is 5.15. The van der Waals surface area contributed by atoms with E-state index in [9.17, 15) is 19.7 Å². The molecule has 0 saturated carbocycles. The number of methoxy groups -OCH3 is 1. The van der Waals surface area contributed by atoms with Gasteiger partial charge in [0, 0.05) is 17.8 Å². The average molecular weight is 320 g/mol. The van der Waals surface area contributed by atoms with E-state index in [-0.39, 0.29) is 29.3 Å². The van der Waals surface area contributed by atoms with Crippen molar-refractivity contribution in [3.05, 3.63) is 56.3 Å². The molecule has 0 aliphatic carbocycles. The molecule has 0 spiro atoms. The summed E-state index contributed by atoms with van der Waals surface area (Å²) in [5, 5.41) is 17.1. The highest BCUT2D eigenvalue weighted by molar-refractivity contribution is 7.08. The van der Waals surface area contributed by atoms with Crippen molar-refractivity contribution in [1.82, 2.24) is 0 Å². The van der Waals surface area contributed by atoms with Gasteiger partial charge in [-0.15, -0.1) is 0 Å². The van der Waals surface area contributed by atoms with Crippen molar-refractivity contribution in [2.24, 2.45) is 0 Å². The number of esters is 1. The minimum Gasteiger partial charge on any atom is -0.465 e. The topological polar surface area (TPSA) is 98.5 Å². The number of thiophene rings is 1. The first-order valence-corrected chi connectivity index (χ1v) is 7.12. The fourth-order valence-corrected chi connectivity index (χ4v) is 2.48. The summed E-state index contributed by atoms with van der Waals surface area (Å²) in [4.78, 5) is 33.7. The monoisotopic (exact) mass is 320 g/mol. The number of carbonyl (C=O) groups excluding carboxylic acids is 2. The summed E-state index contributed by atoms with van der Waals surface area (Å²) in [6, 6.07) is 5.44. The molecule has 0 aliphatic rings. The zero-order valence-electron chi connectivity index (χ0n) is 11.6. The SMILES string of the molecule is COC(=O)c1cc(NC(=O)Cc2ccsc2)cc([N+](=O)[O-])c1. The number of ether oxygens (including phenoxy) is 1.